The van der Waals surface area contributed by atoms with Crippen molar-refractivity contribution >= 4 is 17.5 Å². The Hall–Kier alpha value is -2.51. The van der Waals surface area contributed by atoms with Gasteiger partial charge in [0.1, 0.15) is 5.69 Å². The standard InChI is InChI=1S/C20H27N5O2/c1-14-4-5-17(12-15(14)2)23-20-22-16(3)13-18(24-20)19(26)21-6-7-25-8-10-27-11-9-25/h4-5,12-13H,6-11H2,1-3H3,(H,21,26)(H,22,23,24). The molecule has 2 N–H and O–H groups in total. The number of carbonyl (C=O) groups excluding carboxylic acids is 1. The lowest BCUT2D eigenvalue weighted by Gasteiger charge is -2.26. The molecule has 0 unspecified atom stereocenters. The normalized spacial score (nSPS) is 14.8. The molecule has 3 rings (SSSR count). The van der Waals surface area contributed by atoms with Crippen molar-refractivity contribution in [3.05, 3.63) is 46.8 Å². The maximum Gasteiger partial charge on any atom is 0.270 e. The number of nitrogens with one attached hydrogen (secondary N) is 2. The number of benzene rings is 1. The molecular formula is C20H27N5O2. The largest absolute Gasteiger partial charge is 0.379 e. The van der Waals surface area contributed by atoms with Crippen LogP contribution in [0.25, 0.3) is 0 Å². The van der Waals surface area contributed by atoms with Crippen molar-refractivity contribution in [2.24, 2.45) is 0 Å². The average molecular weight is 369 g/mol. The quantitative estimate of drug-likeness (QED) is 0.813. The van der Waals surface area contributed by atoms with Crippen LogP contribution in [0, 0.1) is 20.8 Å². The molecule has 0 atom stereocenters. The highest BCUT2D eigenvalue weighted by Gasteiger charge is 2.13. The maximum absolute atomic E-state index is 12.5. The third kappa shape index (κ3) is 5.48. The molecule has 0 spiro atoms. The molecule has 1 aromatic heterocycles. The van der Waals surface area contributed by atoms with Crippen molar-refractivity contribution in [3.8, 4) is 0 Å². The van der Waals surface area contributed by atoms with E-state index in [9.17, 15) is 4.79 Å². The van der Waals surface area contributed by atoms with E-state index < -0.39 is 0 Å². The molecule has 0 radical (unpaired) electrons. The molecule has 1 saturated heterocycles. The van der Waals surface area contributed by atoms with Gasteiger partial charge in [0.2, 0.25) is 5.95 Å². The van der Waals surface area contributed by atoms with Crippen LogP contribution >= 0.6 is 0 Å². The number of amides is 1. The van der Waals surface area contributed by atoms with E-state index in [2.05, 4.69) is 39.3 Å². The summed E-state index contributed by atoms with van der Waals surface area (Å²) in [7, 11) is 0. The molecule has 1 aliphatic rings. The van der Waals surface area contributed by atoms with Gasteiger partial charge in [-0.2, -0.15) is 0 Å². The molecule has 2 heterocycles. The molecule has 27 heavy (non-hydrogen) atoms. The SMILES string of the molecule is Cc1cc(C(=O)NCCN2CCOCC2)nc(Nc2ccc(C)c(C)c2)n1. The highest BCUT2D eigenvalue weighted by atomic mass is 16.5. The van der Waals surface area contributed by atoms with Crippen molar-refractivity contribution in [1.29, 1.82) is 0 Å². The second-order valence-electron chi connectivity index (χ2n) is 6.85. The predicted molar refractivity (Wildman–Crippen MR) is 106 cm³/mol. The lowest BCUT2D eigenvalue weighted by Crippen LogP contribution is -2.41. The highest BCUT2D eigenvalue weighted by molar-refractivity contribution is 5.92. The lowest BCUT2D eigenvalue weighted by molar-refractivity contribution is 0.0383. The van der Waals surface area contributed by atoms with Gasteiger partial charge in [-0.25, -0.2) is 9.97 Å². The third-order valence-electron chi connectivity index (χ3n) is 4.67. The van der Waals surface area contributed by atoms with Gasteiger partial charge < -0.3 is 15.4 Å². The molecule has 2 aromatic rings. The Morgan fingerprint density at radius 1 is 1.11 bits per heavy atom. The summed E-state index contributed by atoms with van der Waals surface area (Å²) < 4.78 is 5.33. The van der Waals surface area contributed by atoms with Crippen LogP contribution in [0.3, 0.4) is 0 Å². The molecule has 7 nitrogen and oxygen atoms in total. The number of nitrogens with zero attached hydrogens (tertiary/aromatic N) is 3. The van der Waals surface area contributed by atoms with Gasteiger partial charge in [-0.1, -0.05) is 6.07 Å². The van der Waals surface area contributed by atoms with E-state index in [0.29, 0.717) is 18.2 Å². The smallest absolute Gasteiger partial charge is 0.270 e. The van der Waals surface area contributed by atoms with Crippen molar-refractivity contribution in [2.75, 3.05) is 44.7 Å². The van der Waals surface area contributed by atoms with Crippen molar-refractivity contribution in [2.45, 2.75) is 20.8 Å². The first-order chi connectivity index (χ1) is 13.0. The topological polar surface area (TPSA) is 79.4 Å². The van der Waals surface area contributed by atoms with Crippen LogP contribution in [0.1, 0.15) is 27.3 Å². The van der Waals surface area contributed by atoms with Gasteiger partial charge >= 0.3 is 0 Å². The summed E-state index contributed by atoms with van der Waals surface area (Å²) in [5.74, 6) is 0.244. The minimum Gasteiger partial charge on any atom is -0.379 e. The zero-order chi connectivity index (χ0) is 19.2. The summed E-state index contributed by atoms with van der Waals surface area (Å²) in [6, 6.07) is 7.78. The van der Waals surface area contributed by atoms with Crippen LogP contribution < -0.4 is 10.6 Å². The number of morpholine rings is 1. The van der Waals surface area contributed by atoms with E-state index in [1.54, 1.807) is 6.07 Å². The number of hydrogen-bond acceptors (Lipinski definition) is 6. The Bertz CT molecular complexity index is 803. The summed E-state index contributed by atoms with van der Waals surface area (Å²) in [6.45, 7) is 10.7. The van der Waals surface area contributed by atoms with Crippen LogP contribution in [0.15, 0.2) is 24.3 Å². The minimum absolute atomic E-state index is 0.183. The Labute approximate surface area is 160 Å². The number of carbonyl (C=O) groups is 1. The zero-order valence-electron chi connectivity index (χ0n) is 16.2. The summed E-state index contributed by atoms with van der Waals surface area (Å²) >= 11 is 0. The molecule has 0 saturated carbocycles. The lowest BCUT2D eigenvalue weighted by atomic mass is 10.1. The number of anilines is 2. The van der Waals surface area contributed by atoms with Crippen LogP contribution in [0.4, 0.5) is 11.6 Å². The monoisotopic (exact) mass is 369 g/mol. The van der Waals surface area contributed by atoms with Gasteiger partial charge in [0.25, 0.3) is 5.91 Å². The van der Waals surface area contributed by atoms with E-state index in [-0.39, 0.29) is 5.91 Å². The van der Waals surface area contributed by atoms with Crippen molar-refractivity contribution < 1.29 is 9.53 Å². The van der Waals surface area contributed by atoms with Gasteiger partial charge in [0.15, 0.2) is 0 Å². The van der Waals surface area contributed by atoms with E-state index in [1.165, 1.54) is 11.1 Å². The van der Waals surface area contributed by atoms with Gasteiger partial charge in [0, 0.05) is 37.6 Å². The molecular weight excluding hydrogens is 342 g/mol. The Morgan fingerprint density at radius 3 is 2.63 bits per heavy atom. The highest BCUT2D eigenvalue weighted by Crippen LogP contribution is 2.18. The summed E-state index contributed by atoms with van der Waals surface area (Å²) in [5, 5.41) is 6.13. The molecule has 7 heteroatoms. The first-order valence-corrected chi connectivity index (χ1v) is 9.29. The number of hydrogen-bond donors (Lipinski definition) is 2. The number of aromatic nitrogens is 2. The average Bonchev–Trinajstić information content (AvgIpc) is 2.65. The van der Waals surface area contributed by atoms with Crippen LogP contribution in [0.5, 0.6) is 0 Å². The van der Waals surface area contributed by atoms with Crippen LogP contribution in [0.2, 0.25) is 0 Å². The Morgan fingerprint density at radius 2 is 1.89 bits per heavy atom. The molecule has 1 amide bonds. The number of rotatable bonds is 6. The van der Waals surface area contributed by atoms with E-state index in [4.69, 9.17) is 4.74 Å². The van der Waals surface area contributed by atoms with E-state index in [1.807, 2.05) is 25.1 Å². The van der Waals surface area contributed by atoms with Crippen LogP contribution in [-0.4, -0.2) is 60.2 Å². The fraction of sp³-hybridized carbons (Fsp3) is 0.450. The Balaban J connectivity index is 1.61. The number of aryl methyl sites for hydroxylation is 3. The molecule has 1 fully saturated rings. The van der Waals surface area contributed by atoms with Crippen molar-refractivity contribution in [1.82, 2.24) is 20.2 Å². The van der Waals surface area contributed by atoms with Crippen LogP contribution in [-0.2, 0) is 4.74 Å². The van der Waals surface area contributed by atoms with Gasteiger partial charge in [0.05, 0.1) is 13.2 Å². The molecule has 0 bridgehead atoms. The molecule has 1 aliphatic heterocycles. The van der Waals surface area contributed by atoms with E-state index >= 15 is 0 Å². The van der Waals surface area contributed by atoms with Crippen molar-refractivity contribution in [3.63, 3.8) is 0 Å². The molecule has 0 aliphatic carbocycles. The van der Waals surface area contributed by atoms with Gasteiger partial charge in [-0.05, 0) is 50.1 Å². The first kappa shape index (κ1) is 19.3. The first-order valence-electron chi connectivity index (χ1n) is 9.29. The fourth-order valence-electron chi connectivity index (χ4n) is 2.93. The minimum atomic E-state index is -0.183. The molecule has 144 valence electrons. The summed E-state index contributed by atoms with van der Waals surface area (Å²) in [6.07, 6.45) is 0. The zero-order valence-corrected chi connectivity index (χ0v) is 16.2. The predicted octanol–water partition coefficient (Wildman–Crippen LogP) is 2.21. The van der Waals surface area contributed by atoms with E-state index in [0.717, 1.165) is 44.2 Å². The second-order valence-corrected chi connectivity index (χ2v) is 6.85. The molecule has 1 aromatic carbocycles. The second kappa shape index (κ2) is 8.92. The van der Waals surface area contributed by atoms with Gasteiger partial charge in [-0.3, -0.25) is 9.69 Å². The fourth-order valence-corrected chi connectivity index (χ4v) is 2.93. The number of ether oxygens (including phenoxy) is 1. The maximum atomic E-state index is 12.5. The third-order valence-corrected chi connectivity index (χ3v) is 4.67. The summed E-state index contributed by atoms with van der Waals surface area (Å²) in [5.41, 5.74) is 4.44. The Kier molecular flexibility index (Phi) is 6.36. The van der Waals surface area contributed by atoms with Gasteiger partial charge in [-0.15, -0.1) is 0 Å². The summed E-state index contributed by atoms with van der Waals surface area (Å²) in [4.78, 5) is 23.5.